The number of halogens is 2. The molecule has 0 unspecified atom stereocenters. The average Bonchev–Trinajstić information content (AvgIpc) is 3.40. The zero-order valence-electron chi connectivity index (χ0n) is 21.6. The Labute approximate surface area is 230 Å². The van der Waals surface area contributed by atoms with Crippen LogP contribution in [-0.2, 0) is 4.79 Å². The van der Waals surface area contributed by atoms with E-state index < -0.39 is 11.9 Å². The van der Waals surface area contributed by atoms with Crippen molar-refractivity contribution in [2.75, 3.05) is 26.1 Å². The molecule has 1 aliphatic heterocycles. The number of carbonyl (C=O) groups excluding carboxylic acids is 2. The molecule has 3 heterocycles. The van der Waals surface area contributed by atoms with Crippen LogP contribution in [0.15, 0.2) is 53.3 Å². The van der Waals surface area contributed by atoms with Crippen molar-refractivity contribution in [3.63, 3.8) is 0 Å². The van der Waals surface area contributed by atoms with Crippen LogP contribution < -0.4 is 9.64 Å². The molecule has 0 spiro atoms. The second-order valence-electron chi connectivity index (χ2n) is 9.50. The molecule has 1 aromatic carbocycles. The molecule has 5 rings (SSSR count). The maximum atomic E-state index is 14.0. The number of Topliss-reactive ketones (excluding diaryl/α,β-unsaturated/α-hetero) is 1. The zero-order valence-corrected chi connectivity index (χ0v) is 23.1. The summed E-state index contributed by atoms with van der Waals surface area (Å²) in [6.45, 7) is 4.01. The fourth-order valence-electron chi connectivity index (χ4n) is 4.78. The van der Waals surface area contributed by atoms with Crippen LogP contribution in [-0.4, -0.2) is 57.3 Å². The van der Waals surface area contributed by atoms with E-state index in [1.165, 1.54) is 18.1 Å². The maximum absolute atomic E-state index is 14.0. The van der Waals surface area contributed by atoms with Gasteiger partial charge in [0.25, 0.3) is 5.91 Å². The van der Waals surface area contributed by atoms with Crippen molar-refractivity contribution in [3.05, 3.63) is 75.3 Å². The van der Waals surface area contributed by atoms with Gasteiger partial charge in [0.2, 0.25) is 11.8 Å². The largest absolute Gasteiger partial charge is 0.480 e. The van der Waals surface area contributed by atoms with E-state index in [1.54, 1.807) is 29.3 Å². The number of nitrogens with zero attached hydrogens (tertiary/aromatic N) is 6. The van der Waals surface area contributed by atoms with Gasteiger partial charge in [-0.15, -0.1) is 0 Å². The highest BCUT2D eigenvalue weighted by Crippen LogP contribution is 2.46. The molecular weight excluding hydrogens is 527 g/mol. The molecule has 3 aromatic rings. The van der Waals surface area contributed by atoms with Gasteiger partial charge < -0.3 is 14.2 Å². The van der Waals surface area contributed by atoms with Crippen LogP contribution in [0.4, 0.5) is 5.95 Å². The molecule has 1 atom stereocenters. The summed E-state index contributed by atoms with van der Waals surface area (Å²) in [5, 5.41) is 0.965. The minimum absolute atomic E-state index is 0.110. The molecule has 9 nitrogen and oxygen atoms in total. The van der Waals surface area contributed by atoms with E-state index in [2.05, 4.69) is 9.97 Å². The molecule has 196 valence electrons. The first-order valence-corrected chi connectivity index (χ1v) is 12.8. The van der Waals surface area contributed by atoms with E-state index in [-0.39, 0.29) is 29.6 Å². The number of hydrogen-bond donors (Lipinski definition) is 0. The van der Waals surface area contributed by atoms with E-state index in [9.17, 15) is 9.59 Å². The van der Waals surface area contributed by atoms with Crippen LogP contribution >= 0.6 is 23.2 Å². The van der Waals surface area contributed by atoms with Crippen LogP contribution in [0.3, 0.4) is 0 Å². The second-order valence-corrected chi connectivity index (χ2v) is 10.4. The summed E-state index contributed by atoms with van der Waals surface area (Å²) in [5.41, 5.74) is 2.45. The van der Waals surface area contributed by atoms with Gasteiger partial charge in [-0.1, -0.05) is 41.4 Å². The van der Waals surface area contributed by atoms with Crippen LogP contribution in [0.25, 0.3) is 11.4 Å². The number of imidazole rings is 1. The Kier molecular flexibility index (Phi) is 6.75. The summed E-state index contributed by atoms with van der Waals surface area (Å²) in [6.07, 6.45) is 4.93. The highest BCUT2D eigenvalue weighted by molar-refractivity contribution is 6.32. The van der Waals surface area contributed by atoms with Crippen LogP contribution in [0, 0.1) is 0 Å². The zero-order chi connectivity index (χ0) is 27.3. The van der Waals surface area contributed by atoms with Gasteiger partial charge in [-0.2, -0.15) is 4.98 Å². The Morgan fingerprint density at radius 2 is 1.82 bits per heavy atom. The fourth-order valence-corrected chi connectivity index (χ4v) is 5.09. The van der Waals surface area contributed by atoms with Gasteiger partial charge in [0.1, 0.15) is 11.9 Å². The summed E-state index contributed by atoms with van der Waals surface area (Å²) >= 11 is 12.5. The quantitative estimate of drug-likeness (QED) is 0.416. The molecule has 2 aromatic heterocycles. The third kappa shape index (κ3) is 4.25. The molecule has 11 heteroatoms. The van der Waals surface area contributed by atoms with Crippen molar-refractivity contribution in [1.29, 1.82) is 0 Å². The summed E-state index contributed by atoms with van der Waals surface area (Å²) in [5.74, 6) is 0.730. The van der Waals surface area contributed by atoms with Crippen molar-refractivity contribution < 1.29 is 14.3 Å². The second kappa shape index (κ2) is 9.89. The van der Waals surface area contributed by atoms with E-state index >= 15 is 0 Å². The lowest BCUT2D eigenvalue weighted by Crippen LogP contribution is -2.34. The molecule has 38 heavy (non-hydrogen) atoms. The Hall–Kier alpha value is -3.69. The maximum Gasteiger partial charge on any atom is 0.279 e. The predicted octanol–water partition coefficient (Wildman–Crippen LogP) is 5.17. The number of anilines is 1. The highest BCUT2D eigenvalue weighted by Gasteiger charge is 2.47. The average molecular weight is 553 g/mol. The normalized spacial score (nSPS) is 17.1. The van der Waals surface area contributed by atoms with Gasteiger partial charge in [-0.25, -0.2) is 9.97 Å². The van der Waals surface area contributed by atoms with Crippen LogP contribution in [0.2, 0.25) is 5.02 Å². The lowest BCUT2D eigenvalue weighted by Gasteiger charge is -2.30. The third-order valence-electron chi connectivity index (χ3n) is 6.47. The van der Waals surface area contributed by atoms with Crippen LogP contribution in [0.1, 0.15) is 54.1 Å². The summed E-state index contributed by atoms with van der Waals surface area (Å²) in [6, 6.07) is 6.47. The van der Waals surface area contributed by atoms with E-state index in [4.69, 9.17) is 32.9 Å². The lowest BCUT2D eigenvalue weighted by molar-refractivity contribution is -0.116. The molecule has 0 saturated carbocycles. The number of fused-ring (bicyclic) bond motifs is 1. The predicted molar refractivity (Wildman–Crippen MR) is 146 cm³/mol. The van der Waals surface area contributed by atoms with E-state index in [1.807, 2.05) is 44.6 Å². The topological polar surface area (TPSA) is 93.4 Å². The first-order valence-electron chi connectivity index (χ1n) is 12.0. The monoisotopic (exact) mass is 552 g/mol. The smallest absolute Gasteiger partial charge is 0.279 e. The minimum Gasteiger partial charge on any atom is -0.480 e. The molecule has 0 saturated heterocycles. The van der Waals surface area contributed by atoms with Crippen molar-refractivity contribution >= 4 is 40.8 Å². The number of ether oxygens (including phenoxy) is 1. The number of methoxy groups -OCH3 is 1. The number of allylic oxidation sites excluding steroid dienone is 4. The van der Waals surface area contributed by atoms with Crippen molar-refractivity contribution in [2.24, 2.45) is 0 Å². The number of benzene rings is 1. The first kappa shape index (κ1) is 25.9. The molecule has 0 radical (unpaired) electrons. The van der Waals surface area contributed by atoms with Crippen molar-refractivity contribution in [3.8, 4) is 17.3 Å². The van der Waals surface area contributed by atoms with Gasteiger partial charge in [0.15, 0.2) is 11.5 Å². The number of ketones is 1. The number of rotatable bonds is 6. The molecule has 2 aliphatic rings. The Morgan fingerprint density at radius 1 is 1.11 bits per heavy atom. The number of aromatic nitrogens is 4. The summed E-state index contributed by atoms with van der Waals surface area (Å²) in [7, 11) is 5.21. The highest BCUT2D eigenvalue weighted by atomic mass is 35.5. The summed E-state index contributed by atoms with van der Waals surface area (Å²) in [4.78, 5) is 44.1. The van der Waals surface area contributed by atoms with Gasteiger partial charge in [0.05, 0.1) is 24.1 Å². The van der Waals surface area contributed by atoms with Gasteiger partial charge in [0, 0.05) is 42.8 Å². The third-order valence-corrected chi connectivity index (χ3v) is 6.98. The van der Waals surface area contributed by atoms with Gasteiger partial charge in [-0.3, -0.25) is 14.5 Å². The molecule has 0 N–H and O–H groups in total. The Balaban J connectivity index is 1.76. The molecule has 1 amide bonds. The standard InChI is InChI=1S/C27H26Cl2N6O3/c1-14(2)34-23-21(31-24(34)18-13-30-27(33(3)4)32-25(18)38-5)26(37)35(19-12-17(29)10-11-20(19)36)22(23)15-6-8-16(28)9-7-15/h6-10,12-14,22H,11H2,1-5H3/t22-/m1/s1. The molecular formula is C27H26Cl2N6O3. The Morgan fingerprint density at radius 3 is 2.45 bits per heavy atom. The summed E-state index contributed by atoms with van der Waals surface area (Å²) < 4.78 is 7.58. The lowest BCUT2D eigenvalue weighted by atomic mass is 10.0. The van der Waals surface area contributed by atoms with Crippen LogP contribution in [0.5, 0.6) is 5.88 Å². The fraction of sp³-hybridized carbons (Fsp3) is 0.296. The minimum atomic E-state index is -0.635. The number of carbonyl (C=O) groups is 2. The molecule has 0 bridgehead atoms. The number of hydrogen-bond acceptors (Lipinski definition) is 7. The van der Waals surface area contributed by atoms with E-state index in [0.717, 1.165) is 5.56 Å². The van der Waals surface area contributed by atoms with Crippen molar-refractivity contribution in [2.45, 2.75) is 32.4 Å². The first-order chi connectivity index (χ1) is 18.1. The van der Waals surface area contributed by atoms with Gasteiger partial charge in [-0.05, 0) is 37.6 Å². The van der Waals surface area contributed by atoms with E-state index in [0.29, 0.717) is 39.0 Å². The van der Waals surface area contributed by atoms with Crippen molar-refractivity contribution in [1.82, 2.24) is 24.4 Å². The number of amides is 1. The van der Waals surface area contributed by atoms with Gasteiger partial charge >= 0.3 is 0 Å². The molecule has 0 fully saturated rings. The Bertz CT molecular complexity index is 1510. The SMILES string of the molecule is COc1nc(N(C)C)ncc1-c1nc2c(n1C(C)C)[C@@H](c1ccc(Cl)cc1)N(C1=CC(Cl)=CCC1=O)C2=O. The molecule has 1 aliphatic carbocycles.